The van der Waals surface area contributed by atoms with Crippen LogP contribution in [-0.2, 0) is 17.5 Å². The Balaban J connectivity index is 1.72. The van der Waals surface area contributed by atoms with Crippen LogP contribution in [0.1, 0.15) is 21.5 Å². The van der Waals surface area contributed by atoms with Crippen molar-refractivity contribution < 1.29 is 22.8 Å². The van der Waals surface area contributed by atoms with E-state index in [2.05, 4.69) is 5.32 Å². The number of carbonyl (C=O) groups excluding carboxylic acids is 2. The summed E-state index contributed by atoms with van der Waals surface area (Å²) in [5, 5.41) is 2.73. The van der Waals surface area contributed by atoms with Crippen LogP contribution >= 0.6 is 11.8 Å². The van der Waals surface area contributed by atoms with E-state index < -0.39 is 11.7 Å². The van der Waals surface area contributed by atoms with Crippen molar-refractivity contribution in [2.24, 2.45) is 0 Å². The lowest BCUT2D eigenvalue weighted by atomic mass is 10.1. The van der Waals surface area contributed by atoms with Crippen LogP contribution in [0.5, 0.6) is 0 Å². The third kappa shape index (κ3) is 4.01. The number of nitrogens with one attached hydrogen (secondary N) is 1. The van der Waals surface area contributed by atoms with Crippen molar-refractivity contribution in [3.05, 3.63) is 59.2 Å². The van der Waals surface area contributed by atoms with Gasteiger partial charge < -0.3 is 10.2 Å². The molecule has 1 aliphatic heterocycles. The minimum Gasteiger partial charge on any atom is -0.337 e. The zero-order chi connectivity index (χ0) is 18.9. The second-order valence-electron chi connectivity index (χ2n) is 5.90. The topological polar surface area (TPSA) is 49.4 Å². The number of rotatable bonds is 3. The molecular weight excluding hydrogens is 365 g/mol. The number of hydrogen-bond acceptors (Lipinski definition) is 3. The molecule has 2 aromatic carbocycles. The summed E-state index contributed by atoms with van der Waals surface area (Å²) in [6.07, 6.45) is -4.38. The van der Waals surface area contributed by atoms with Gasteiger partial charge in [-0.15, -0.1) is 11.8 Å². The highest BCUT2D eigenvalue weighted by molar-refractivity contribution is 8.00. The molecule has 4 nitrogen and oxygen atoms in total. The molecule has 0 spiro atoms. The minimum absolute atomic E-state index is 0.120. The number of nitrogens with zero attached hydrogens (tertiary/aromatic N) is 1. The number of halogens is 3. The first-order valence-electron chi connectivity index (χ1n) is 7.72. The summed E-state index contributed by atoms with van der Waals surface area (Å²) in [6, 6.07) is 9.78. The molecule has 0 unspecified atom stereocenters. The predicted molar refractivity (Wildman–Crippen MR) is 93.0 cm³/mol. The lowest BCUT2D eigenvalue weighted by molar-refractivity contribution is -0.137. The Bertz CT molecular complexity index is 851. The quantitative estimate of drug-likeness (QED) is 0.875. The molecule has 2 amide bonds. The van der Waals surface area contributed by atoms with Crippen LogP contribution in [0.25, 0.3) is 0 Å². The second kappa shape index (κ2) is 7.03. The van der Waals surface area contributed by atoms with E-state index in [-0.39, 0.29) is 18.4 Å². The summed E-state index contributed by atoms with van der Waals surface area (Å²) < 4.78 is 37.8. The molecular formula is C18H15F3N2O2S. The van der Waals surface area contributed by atoms with Crippen LogP contribution in [0.4, 0.5) is 18.9 Å². The van der Waals surface area contributed by atoms with Crippen LogP contribution in [-0.4, -0.2) is 29.5 Å². The highest BCUT2D eigenvalue weighted by atomic mass is 32.2. The first kappa shape index (κ1) is 18.3. The molecule has 1 N–H and O–H groups in total. The van der Waals surface area contributed by atoms with Crippen molar-refractivity contribution in [2.75, 3.05) is 18.1 Å². The average molecular weight is 380 g/mol. The molecule has 0 aromatic heterocycles. The van der Waals surface area contributed by atoms with Crippen molar-refractivity contribution in [2.45, 2.75) is 17.6 Å². The van der Waals surface area contributed by atoms with Crippen LogP contribution in [0.15, 0.2) is 47.4 Å². The van der Waals surface area contributed by atoms with Gasteiger partial charge in [0, 0.05) is 24.1 Å². The fourth-order valence-electron chi connectivity index (χ4n) is 2.58. The number of hydrogen-bond donors (Lipinski definition) is 1. The molecule has 136 valence electrons. The summed E-state index contributed by atoms with van der Waals surface area (Å²) in [4.78, 5) is 26.4. The number of anilines is 1. The van der Waals surface area contributed by atoms with Gasteiger partial charge >= 0.3 is 6.18 Å². The lowest BCUT2D eigenvalue weighted by Gasteiger charge is -2.20. The Labute approximate surface area is 152 Å². The van der Waals surface area contributed by atoms with E-state index >= 15 is 0 Å². The SMILES string of the molecule is CN(Cc1ccc(C(F)(F)F)cc1)C(=O)c1ccc2c(c1)NC(=O)CS2. The molecule has 26 heavy (non-hydrogen) atoms. The standard InChI is InChI=1S/C18H15F3N2O2S/c1-23(9-11-2-5-13(6-3-11)18(19,20)21)17(25)12-4-7-15-14(8-12)22-16(24)10-26-15/h2-8H,9-10H2,1H3,(H,22,24). The van der Waals surface area contributed by atoms with Gasteiger partial charge in [-0.2, -0.15) is 13.2 Å². The first-order chi connectivity index (χ1) is 12.2. The Morgan fingerprint density at radius 1 is 1.19 bits per heavy atom. The van der Waals surface area contributed by atoms with Crippen LogP contribution < -0.4 is 5.32 Å². The van der Waals surface area contributed by atoms with E-state index in [1.54, 1.807) is 25.2 Å². The van der Waals surface area contributed by atoms with Gasteiger partial charge in [-0.3, -0.25) is 9.59 Å². The smallest absolute Gasteiger partial charge is 0.337 e. The Morgan fingerprint density at radius 3 is 2.54 bits per heavy atom. The summed E-state index contributed by atoms with van der Waals surface area (Å²) in [5.74, 6) is -0.0589. The molecule has 0 saturated heterocycles. The molecule has 0 atom stereocenters. The van der Waals surface area contributed by atoms with Crippen LogP contribution in [0, 0.1) is 0 Å². The maximum absolute atomic E-state index is 12.6. The molecule has 0 saturated carbocycles. The van der Waals surface area contributed by atoms with E-state index in [9.17, 15) is 22.8 Å². The number of amides is 2. The van der Waals surface area contributed by atoms with Gasteiger partial charge in [-0.05, 0) is 35.9 Å². The van der Waals surface area contributed by atoms with Crippen molar-refractivity contribution in [1.82, 2.24) is 4.90 Å². The molecule has 0 radical (unpaired) electrons. The molecule has 1 aliphatic rings. The zero-order valence-electron chi connectivity index (χ0n) is 13.8. The monoisotopic (exact) mass is 380 g/mol. The minimum atomic E-state index is -4.38. The third-order valence-electron chi connectivity index (χ3n) is 3.91. The van der Waals surface area contributed by atoms with Gasteiger partial charge in [0.05, 0.1) is 17.0 Å². The number of benzene rings is 2. The average Bonchev–Trinajstić information content (AvgIpc) is 2.60. The van der Waals surface area contributed by atoms with Crippen molar-refractivity contribution in [3.8, 4) is 0 Å². The van der Waals surface area contributed by atoms with Crippen LogP contribution in [0.3, 0.4) is 0 Å². The molecule has 8 heteroatoms. The zero-order valence-corrected chi connectivity index (χ0v) is 14.6. The van der Waals surface area contributed by atoms with E-state index in [0.717, 1.165) is 17.0 Å². The van der Waals surface area contributed by atoms with Crippen molar-refractivity contribution in [3.63, 3.8) is 0 Å². The summed E-state index contributed by atoms with van der Waals surface area (Å²) in [7, 11) is 1.58. The van der Waals surface area contributed by atoms with Crippen molar-refractivity contribution >= 4 is 29.3 Å². The van der Waals surface area contributed by atoms with Gasteiger partial charge in [-0.1, -0.05) is 12.1 Å². The van der Waals surface area contributed by atoms with Gasteiger partial charge in [-0.25, -0.2) is 0 Å². The largest absolute Gasteiger partial charge is 0.416 e. The maximum atomic E-state index is 12.6. The summed E-state index contributed by atoms with van der Waals surface area (Å²) in [5.41, 5.74) is 0.870. The van der Waals surface area contributed by atoms with E-state index in [1.807, 2.05) is 0 Å². The van der Waals surface area contributed by atoms with E-state index in [4.69, 9.17) is 0 Å². The molecule has 0 aliphatic carbocycles. The molecule has 3 rings (SSSR count). The van der Waals surface area contributed by atoms with Gasteiger partial charge in [0.15, 0.2) is 0 Å². The van der Waals surface area contributed by atoms with Gasteiger partial charge in [0.25, 0.3) is 5.91 Å². The predicted octanol–water partition coefficient (Wildman–Crippen LogP) is 4.02. The fourth-order valence-corrected chi connectivity index (χ4v) is 3.37. The maximum Gasteiger partial charge on any atom is 0.416 e. The van der Waals surface area contributed by atoms with Gasteiger partial charge in [0.1, 0.15) is 0 Å². The highest BCUT2D eigenvalue weighted by Gasteiger charge is 2.30. The molecule has 2 aromatic rings. The first-order valence-corrected chi connectivity index (χ1v) is 8.71. The number of thioether (sulfide) groups is 1. The Hall–Kier alpha value is -2.48. The Kier molecular flexibility index (Phi) is 4.95. The summed E-state index contributed by atoms with van der Waals surface area (Å²) >= 11 is 1.40. The molecule has 0 bridgehead atoms. The van der Waals surface area contributed by atoms with Crippen LogP contribution in [0.2, 0.25) is 0 Å². The lowest BCUT2D eigenvalue weighted by Crippen LogP contribution is -2.27. The summed E-state index contributed by atoms with van der Waals surface area (Å²) in [6.45, 7) is 0.176. The second-order valence-corrected chi connectivity index (χ2v) is 6.92. The highest BCUT2D eigenvalue weighted by Crippen LogP contribution is 2.32. The fraction of sp³-hybridized carbons (Fsp3) is 0.222. The molecule has 1 heterocycles. The van der Waals surface area contributed by atoms with E-state index in [0.29, 0.717) is 22.6 Å². The Morgan fingerprint density at radius 2 is 1.88 bits per heavy atom. The third-order valence-corrected chi connectivity index (χ3v) is 4.98. The van der Waals surface area contributed by atoms with Gasteiger partial charge in [0.2, 0.25) is 5.91 Å². The van der Waals surface area contributed by atoms with E-state index in [1.165, 1.54) is 28.8 Å². The molecule has 0 fully saturated rings. The normalized spacial score (nSPS) is 13.8. The van der Waals surface area contributed by atoms with Crippen molar-refractivity contribution in [1.29, 1.82) is 0 Å². The number of alkyl halides is 3. The number of fused-ring (bicyclic) bond motifs is 1. The number of carbonyl (C=O) groups is 2.